The van der Waals surface area contributed by atoms with Crippen molar-refractivity contribution in [1.82, 2.24) is 9.80 Å². The predicted octanol–water partition coefficient (Wildman–Crippen LogP) is 1.13. The van der Waals surface area contributed by atoms with Crippen molar-refractivity contribution in [3.8, 4) is 0 Å². The highest BCUT2D eigenvalue weighted by atomic mass is 32.2. The van der Waals surface area contributed by atoms with Crippen molar-refractivity contribution in [2.75, 3.05) is 63.6 Å². The van der Waals surface area contributed by atoms with Crippen LogP contribution in [0.25, 0.3) is 0 Å². The summed E-state index contributed by atoms with van der Waals surface area (Å²) >= 11 is 1.55. The number of Topliss-reactive ketones (excluding diaryl/α,β-unsaturated/α-hetero) is 1. The van der Waals surface area contributed by atoms with Crippen molar-refractivity contribution in [1.29, 1.82) is 0 Å². The predicted molar refractivity (Wildman–Crippen MR) is 110 cm³/mol. The van der Waals surface area contributed by atoms with Gasteiger partial charge in [0.15, 0.2) is 5.78 Å². The van der Waals surface area contributed by atoms with Gasteiger partial charge in [0.05, 0.1) is 13.7 Å². The summed E-state index contributed by atoms with van der Waals surface area (Å²) in [6.45, 7) is 6.36. The van der Waals surface area contributed by atoms with E-state index in [2.05, 4.69) is 9.80 Å². The minimum atomic E-state index is -0.280. The van der Waals surface area contributed by atoms with E-state index in [-0.39, 0.29) is 22.9 Å². The van der Waals surface area contributed by atoms with Gasteiger partial charge in [-0.2, -0.15) is 0 Å². The number of thioether (sulfide) groups is 1. The molecule has 1 amide bonds. The van der Waals surface area contributed by atoms with Gasteiger partial charge in [-0.25, -0.2) is 0 Å². The summed E-state index contributed by atoms with van der Waals surface area (Å²) in [5.41, 5.74) is 1.82. The number of carbonyl (C=O) groups is 3. The molecule has 1 aromatic carbocycles. The van der Waals surface area contributed by atoms with Crippen LogP contribution < -0.4 is 4.90 Å². The Kier molecular flexibility index (Phi) is 6.96. The van der Waals surface area contributed by atoms with Gasteiger partial charge in [0.1, 0.15) is 5.25 Å². The van der Waals surface area contributed by atoms with Crippen LogP contribution in [0.15, 0.2) is 24.3 Å². The highest BCUT2D eigenvalue weighted by Crippen LogP contribution is 2.21. The maximum atomic E-state index is 12.7. The van der Waals surface area contributed by atoms with Crippen LogP contribution >= 0.6 is 11.8 Å². The molecule has 0 saturated carbocycles. The topological polar surface area (TPSA) is 70.2 Å². The van der Waals surface area contributed by atoms with Crippen LogP contribution in [-0.4, -0.2) is 91.4 Å². The molecule has 3 rings (SSSR count). The number of nitrogens with zero attached hydrogens (tertiary/aromatic N) is 3. The van der Waals surface area contributed by atoms with Gasteiger partial charge in [0.25, 0.3) is 0 Å². The zero-order valence-corrected chi connectivity index (χ0v) is 17.2. The molecule has 2 aliphatic rings. The SMILES string of the molecule is COC(=O)[C@@H]1CN(C(=O)CN2CCN(c3ccc(C(C)=O)cc3)CC2)CCS1. The Labute approximate surface area is 170 Å². The first-order valence-electron chi connectivity index (χ1n) is 9.53. The van der Waals surface area contributed by atoms with E-state index < -0.39 is 0 Å². The Bertz CT molecular complexity index is 717. The van der Waals surface area contributed by atoms with Crippen LogP contribution in [0.2, 0.25) is 0 Å². The van der Waals surface area contributed by atoms with Gasteiger partial charge in [0.2, 0.25) is 5.91 Å². The third-order valence-corrected chi connectivity index (χ3v) is 6.42. The van der Waals surface area contributed by atoms with Crippen molar-refractivity contribution in [3.05, 3.63) is 29.8 Å². The fourth-order valence-corrected chi connectivity index (χ4v) is 4.64. The molecule has 0 aliphatic carbocycles. The standard InChI is InChI=1S/C20H27N3O4S/c1-15(24)16-3-5-17(6-4-16)22-9-7-21(8-10-22)14-19(25)23-11-12-28-18(13-23)20(26)27-2/h3-6,18H,7-14H2,1-2H3/t18-/m0/s1. The van der Waals surface area contributed by atoms with E-state index in [4.69, 9.17) is 4.74 Å². The molecule has 2 saturated heterocycles. The second kappa shape index (κ2) is 9.43. The van der Waals surface area contributed by atoms with Gasteiger partial charge in [-0.15, -0.1) is 11.8 Å². The zero-order chi connectivity index (χ0) is 20.1. The number of hydrogen-bond acceptors (Lipinski definition) is 7. The number of carbonyl (C=O) groups excluding carboxylic acids is 3. The Hall–Kier alpha value is -2.06. The van der Waals surface area contributed by atoms with Crippen molar-refractivity contribution < 1.29 is 19.1 Å². The van der Waals surface area contributed by atoms with E-state index in [0.29, 0.717) is 19.6 Å². The highest BCUT2D eigenvalue weighted by molar-refractivity contribution is 8.00. The summed E-state index contributed by atoms with van der Waals surface area (Å²) in [7, 11) is 1.39. The summed E-state index contributed by atoms with van der Waals surface area (Å²) in [6, 6.07) is 7.69. The van der Waals surface area contributed by atoms with Gasteiger partial charge < -0.3 is 14.5 Å². The number of amides is 1. The Morgan fingerprint density at radius 3 is 2.36 bits per heavy atom. The lowest BCUT2D eigenvalue weighted by Crippen LogP contribution is -2.52. The quantitative estimate of drug-likeness (QED) is 0.537. The Morgan fingerprint density at radius 2 is 1.75 bits per heavy atom. The number of esters is 1. The molecule has 28 heavy (non-hydrogen) atoms. The molecule has 1 aromatic rings. The number of rotatable bonds is 5. The lowest BCUT2D eigenvalue weighted by molar-refractivity contribution is -0.141. The number of ether oxygens (including phenoxy) is 1. The third-order valence-electron chi connectivity index (χ3n) is 5.25. The summed E-state index contributed by atoms with van der Waals surface area (Å²) in [5, 5.41) is -0.280. The van der Waals surface area contributed by atoms with E-state index in [1.165, 1.54) is 7.11 Å². The van der Waals surface area contributed by atoms with Gasteiger partial charge in [-0.05, 0) is 31.2 Å². The minimum Gasteiger partial charge on any atom is -0.468 e. The van der Waals surface area contributed by atoms with Crippen LogP contribution in [0.3, 0.4) is 0 Å². The molecular formula is C20H27N3O4S. The maximum Gasteiger partial charge on any atom is 0.320 e. The van der Waals surface area contributed by atoms with Gasteiger partial charge in [-0.3, -0.25) is 19.3 Å². The normalized spacial score (nSPS) is 20.7. The fourth-order valence-electron chi connectivity index (χ4n) is 3.51. The molecule has 0 aromatic heterocycles. The number of benzene rings is 1. The number of hydrogen-bond donors (Lipinski definition) is 0. The second-order valence-electron chi connectivity index (χ2n) is 7.09. The number of methoxy groups -OCH3 is 1. The monoisotopic (exact) mass is 405 g/mol. The van der Waals surface area contributed by atoms with Crippen molar-refractivity contribution in [2.45, 2.75) is 12.2 Å². The van der Waals surface area contributed by atoms with Crippen LogP contribution in [-0.2, 0) is 14.3 Å². The molecular weight excluding hydrogens is 378 g/mol. The summed E-state index contributed by atoms with van der Waals surface area (Å²) in [5.74, 6) is 0.649. The molecule has 0 unspecified atom stereocenters. The van der Waals surface area contributed by atoms with Crippen molar-refractivity contribution in [3.63, 3.8) is 0 Å². The second-order valence-corrected chi connectivity index (χ2v) is 8.40. The summed E-state index contributed by atoms with van der Waals surface area (Å²) < 4.78 is 4.81. The number of ketones is 1. The van der Waals surface area contributed by atoms with Crippen LogP contribution in [0, 0.1) is 0 Å². The molecule has 2 fully saturated rings. The van der Waals surface area contributed by atoms with Gasteiger partial charge in [0, 0.05) is 56.3 Å². The van der Waals surface area contributed by atoms with Crippen LogP contribution in [0.1, 0.15) is 17.3 Å². The molecule has 2 heterocycles. The summed E-state index contributed by atoms with van der Waals surface area (Å²) in [4.78, 5) is 42.0. The van der Waals surface area contributed by atoms with E-state index in [9.17, 15) is 14.4 Å². The molecule has 0 radical (unpaired) electrons. The summed E-state index contributed by atoms with van der Waals surface area (Å²) in [6.07, 6.45) is 0. The van der Waals surface area contributed by atoms with Crippen LogP contribution in [0.4, 0.5) is 5.69 Å². The van der Waals surface area contributed by atoms with Gasteiger partial charge in [-0.1, -0.05) is 0 Å². The largest absolute Gasteiger partial charge is 0.468 e. The third kappa shape index (κ3) is 5.05. The van der Waals surface area contributed by atoms with Crippen molar-refractivity contribution in [2.24, 2.45) is 0 Å². The fraction of sp³-hybridized carbons (Fsp3) is 0.550. The molecule has 0 bridgehead atoms. The lowest BCUT2D eigenvalue weighted by atomic mass is 10.1. The van der Waals surface area contributed by atoms with E-state index in [1.54, 1.807) is 23.6 Å². The molecule has 152 valence electrons. The Morgan fingerprint density at radius 1 is 1.07 bits per heavy atom. The van der Waals surface area contributed by atoms with Crippen molar-refractivity contribution >= 4 is 35.1 Å². The lowest BCUT2D eigenvalue weighted by Gasteiger charge is -2.37. The minimum absolute atomic E-state index is 0.0698. The molecule has 0 spiro atoms. The molecule has 8 heteroatoms. The first kappa shape index (κ1) is 20.7. The smallest absolute Gasteiger partial charge is 0.320 e. The zero-order valence-electron chi connectivity index (χ0n) is 16.4. The first-order valence-corrected chi connectivity index (χ1v) is 10.6. The molecule has 1 atom stereocenters. The van der Waals surface area contributed by atoms with E-state index >= 15 is 0 Å². The van der Waals surface area contributed by atoms with Crippen LogP contribution in [0.5, 0.6) is 0 Å². The average molecular weight is 406 g/mol. The average Bonchev–Trinajstić information content (AvgIpc) is 2.74. The molecule has 0 N–H and O–H groups in total. The maximum absolute atomic E-state index is 12.7. The molecule has 7 nitrogen and oxygen atoms in total. The highest BCUT2D eigenvalue weighted by Gasteiger charge is 2.30. The number of piperazine rings is 1. The van der Waals surface area contributed by atoms with E-state index in [1.807, 2.05) is 24.3 Å². The number of anilines is 1. The van der Waals surface area contributed by atoms with Gasteiger partial charge >= 0.3 is 5.97 Å². The van der Waals surface area contributed by atoms with E-state index in [0.717, 1.165) is 43.2 Å². The first-order chi connectivity index (χ1) is 13.5. The Balaban J connectivity index is 1.48. The molecule has 2 aliphatic heterocycles.